The fourth-order valence-corrected chi connectivity index (χ4v) is 7.33. The maximum Gasteiger partial charge on any atom is 0.352 e. The summed E-state index contributed by atoms with van der Waals surface area (Å²) >= 11 is 4.96. The van der Waals surface area contributed by atoms with Crippen molar-refractivity contribution in [2.45, 2.75) is 22.4 Å². The first-order chi connectivity index (χ1) is 19.6. The third-order valence-corrected chi connectivity index (χ3v) is 9.64. The second-order valence-electron chi connectivity index (χ2n) is 8.25. The third-order valence-electron chi connectivity index (χ3n) is 5.68. The van der Waals surface area contributed by atoms with Gasteiger partial charge in [-0.25, -0.2) is 9.78 Å². The Balaban J connectivity index is 1.31. The highest BCUT2D eigenvalue weighted by molar-refractivity contribution is 8.01. The van der Waals surface area contributed by atoms with Crippen molar-refractivity contribution in [1.82, 2.24) is 30.1 Å². The number of nitrogens with one attached hydrogen (secondary N) is 1. The number of nitrogens with zero attached hydrogens (tertiary/aromatic N) is 6. The Morgan fingerprint density at radius 1 is 1.32 bits per heavy atom. The Labute approximate surface area is 245 Å². The molecule has 3 aromatic rings. The molecule has 1 fully saturated rings. The van der Waals surface area contributed by atoms with Crippen molar-refractivity contribution in [2.75, 3.05) is 17.2 Å². The number of oxime groups is 1. The number of aromatic hydroxyl groups is 1. The summed E-state index contributed by atoms with van der Waals surface area (Å²) in [7, 11) is 0. The molecule has 2 atom stereocenters. The molecule has 2 amide bonds. The summed E-state index contributed by atoms with van der Waals surface area (Å²) in [6.07, 6.45) is 0.773. The van der Waals surface area contributed by atoms with Gasteiger partial charge < -0.3 is 31.3 Å². The minimum absolute atomic E-state index is 0.0409. The second kappa shape index (κ2) is 11.8. The zero-order valence-electron chi connectivity index (χ0n) is 20.4. The highest BCUT2D eigenvalue weighted by atomic mass is 32.2. The molecule has 6 N–H and O–H groups in total. The fraction of sp³-hybridized carbons (Fsp3) is 0.238. The predicted molar refractivity (Wildman–Crippen MR) is 148 cm³/mol. The minimum Gasteiger partial charge on any atom is -0.503 e. The number of aromatic nitrogens is 4. The van der Waals surface area contributed by atoms with Crippen LogP contribution in [0.5, 0.6) is 5.75 Å². The molecule has 5 heterocycles. The van der Waals surface area contributed by atoms with Crippen molar-refractivity contribution in [3.05, 3.63) is 56.0 Å². The molecule has 5 rings (SSSR count). The van der Waals surface area contributed by atoms with Gasteiger partial charge in [-0.1, -0.05) is 28.3 Å². The molecule has 0 bridgehead atoms. The quantitative estimate of drug-likeness (QED) is 0.0653. The minimum atomic E-state index is -1.26. The van der Waals surface area contributed by atoms with E-state index in [4.69, 9.17) is 10.6 Å². The summed E-state index contributed by atoms with van der Waals surface area (Å²) in [6.45, 7) is -0.471. The Morgan fingerprint density at radius 2 is 2.12 bits per heavy atom. The Kier molecular flexibility index (Phi) is 8.15. The SMILES string of the molecule is Nc1nc(/C(=N/OCc2cc(=O)c(O)cn2O)C(=O)N[C@@H]2C(=O)N3C(C(=O)O)=C(CSc4nncs4)CS[C@H]23)cs1. The van der Waals surface area contributed by atoms with Gasteiger partial charge in [0.15, 0.2) is 27.5 Å². The third kappa shape index (κ3) is 5.85. The lowest BCUT2D eigenvalue weighted by atomic mass is 10.0. The number of rotatable bonds is 10. The van der Waals surface area contributed by atoms with E-state index in [2.05, 4.69) is 25.7 Å². The highest BCUT2D eigenvalue weighted by Crippen LogP contribution is 2.41. The number of hydrogen-bond donors (Lipinski definition) is 5. The number of nitrogen functional groups attached to an aromatic ring is 1. The number of amides is 2. The van der Waals surface area contributed by atoms with Gasteiger partial charge in [-0.2, -0.15) is 4.73 Å². The fourth-order valence-electron chi connectivity index (χ4n) is 3.80. The van der Waals surface area contributed by atoms with Gasteiger partial charge in [0.1, 0.15) is 34.0 Å². The Bertz CT molecular complexity index is 1640. The van der Waals surface area contributed by atoms with Crippen LogP contribution in [0.2, 0.25) is 0 Å². The van der Waals surface area contributed by atoms with Gasteiger partial charge in [-0.05, 0) is 5.57 Å². The zero-order valence-corrected chi connectivity index (χ0v) is 23.6. The first-order valence-electron chi connectivity index (χ1n) is 11.3. The first kappa shape index (κ1) is 28.4. The van der Waals surface area contributed by atoms with Crippen LogP contribution in [0.1, 0.15) is 11.4 Å². The molecule has 2 aliphatic heterocycles. The number of hydrogen-bond acceptors (Lipinski definition) is 16. The van der Waals surface area contributed by atoms with Gasteiger partial charge in [0.25, 0.3) is 11.8 Å². The molecule has 0 radical (unpaired) electrons. The highest BCUT2D eigenvalue weighted by Gasteiger charge is 2.54. The Morgan fingerprint density at radius 3 is 2.80 bits per heavy atom. The standard InChI is InChI=1S/C21H18N8O8S4/c22-20-24-10(6-39-20)13(27-37-3-9-1-11(30)12(31)2-28(9)36)16(32)25-14-17(33)29-15(19(34)35)8(4-38-18(14)29)5-40-21-26-23-7-41-21/h1-2,6-7,14,18,31,36H,3-5H2,(H2,22,24)(H,25,32)(H,34,35)/b27-13-/t14-,18-/m1/s1. The molecule has 1 saturated heterocycles. The van der Waals surface area contributed by atoms with E-state index in [1.807, 2.05) is 0 Å². The van der Waals surface area contributed by atoms with Crippen LogP contribution in [0, 0.1) is 0 Å². The molecule has 0 aliphatic carbocycles. The molecule has 3 aromatic heterocycles. The summed E-state index contributed by atoms with van der Waals surface area (Å²) < 4.78 is 1.13. The van der Waals surface area contributed by atoms with Gasteiger partial charge in [-0.15, -0.1) is 33.3 Å². The van der Waals surface area contributed by atoms with E-state index in [0.29, 0.717) is 26.1 Å². The molecule has 0 spiro atoms. The molecule has 20 heteroatoms. The average Bonchev–Trinajstić information content (AvgIpc) is 3.62. The summed E-state index contributed by atoms with van der Waals surface area (Å²) in [5.41, 5.74) is 6.52. The monoisotopic (exact) mass is 638 g/mol. The number of nitrogens with two attached hydrogens (primary N) is 1. The molecular formula is C21H18N8O8S4. The number of aliphatic carboxylic acids is 1. The maximum absolute atomic E-state index is 13.2. The largest absolute Gasteiger partial charge is 0.503 e. The lowest BCUT2D eigenvalue weighted by molar-refractivity contribution is -0.150. The number of β-lactam (4-membered cyclic amide) rings is 1. The van der Waals surface area contributed by atoms with Crippen LogP contribution in [0.15, 0.2) is 48.7 Å². The van der Waals surface area contributed by atoms with Crippen LogP contribution >= 0.6 is 46.2 Å². The number of anilines is 1. The van der Waals surface area contributed by atoms with Crippen LogP contribution in [-0.2, 0) is 25.8 Å². The van der Waals surface area contributed by atoms with Crippen molar-refractivity contribution in [3.63, 3.8) is 0 Å². The number of fused-ring (bicyclic) bond motifs is 1. The number of carbonyl (C=O) groups is 3. The van der Waals surface area contributed by atoms with Crippen LogP contribution in [0.25, 0.3) is 0 Å². The van der Waals surface area contributed by atoms with Gasteiger partial charge in [0.2, 0.25) is 5.43 Å². The maximum atomic E-state index is 13.2. The van der Waals surface area contributed by atoms with Crippen molar-refractivity contribution >= 4 is 74.8 Å². The van der Waals surface area contributed by atoms with E-state index in [9.17, 15) is 34.6 Å². The van der Waals surface area contributed by atoms with Crippen LogP contribution in [0.3, 0.4) is 0 Å². The summed E-state index contributed by atoms with van der Waals surface area (Å²) in [5, 5.41) is 44.1. The molecule has 214 valence electrons. The molecule has 0 unspecified atom stereocenters. The van der Waals surface area contributed by atoms with Crippen LogP contribution in [0.4, 0.5) is 5.13 Å². The number of carbonyl (C=O) groups excluding carboxylic acids is 2. The molecule has 41 heavy (non-hydrogen) atoms. The van der Waals surface area contributed by atoms with Crippen molar-refractivity contribution in [1.29, 1.82) is 0 Å². The number of carboxylic acids is 1. The van der Waals surface area contributed by atoms with E-state index in [0.717, 1.165) is 28.5 Å². The van der Waals surface area contributed by atoms with Crippen molar-refractivity contribution in [2.24, 2.45) is 5.16 Å². The van der Waals surface area contributed by atoms with Crippen molar-refractivity contribution < 1.29 is 34.6 Å². The van der Waals surface area contributed by atoms with E-state index >= 15 is 0 Å². The van der Waals surface area contributed by atoms with Gasteiger partial charge >= 0.3 is 5.97 Å². The predicted octanol–water partition coefficient (Wildman–Crippen LogP) is 0.133. The van der Waals surface area contributed by atoms with Crippen LogP contribution < -0.4 is 16.5 Å². The van der Waals surface area contributed by atoms with Gasteiger partial charge in [0.05, 0.1) is 6.20 Å². The molecular weight excluding hydrogens is 621 g/mol. The molecule has 0 aromatic carbocycles. The van der Waals surface area contributed by atoms with E-state index in [1.54, 1.807) is 5.51 Å². The summed E-state index contributed by atoms with van der Waals surface area (Å²) in [6, 6.07) is -0.137. The van der Waals surface area contributed by atoms with E-state index in [1.165, 1.54) is 40.2 Å². The summed E-state index contributed by atoms with van der Waals surface area (Å²) in [5.74, 6) is -2.78. The zero-order chi connectivity index (χ0) is 29.3. The molecule has 2 aliphatic rings. The second-order valence-corrected chi connectivity index (χ2v) is 12.3. The topological polar surface area (TPSA) is 235 Å². The lowest BCUT2D eigenvalue weighted by Gasteiger charge is -2.49. The number of carboxylic acid groups (broad SMARTS) is 1. The smallest absolute Gasteiger partial charge is 0.352 e. The van der Waals surface area contributed by atoms with Gasteiger partial charge in [-0.3, -0.25) is 19.3 Å². The van der Waals surface area contributed by atoms with Gasteiger partial charge in [0, 0.05) is 23.0 Å². The number of pyridine rings is 1. The van der Waals surface area contributed by atoms with E-state index in [-0.39, 0.29) is 27.9 Å². The van der Waals surface area contributed by atoms with E-state index < -0.39 is 47.0 Å². The molecule has 0 saturated carbocycles. The normalized spacial score (nSPS) is 18.6. The summed E-state index contributed by atoms with van der Waals surface area (Å²) in [4.78, 5) is 60.4. The number of thiazole rings is 1. The number of thioether (sulfide) groups is 2. The lowest BCUT2D eigenvalue weighted by Crippen LogP contribution is -2.71. The average molecular weight is 639 g/mol. The van der Waals surface area contributed by atoms with Crippen molar-refractivity contribution in [3.8, 4) is 5.75 Å². The molecule has 16 nitrogen and oxygen atoms in total. The van der Waals surface area contributed by atoms with Crippen LogP contribution in [-0.4, -0.2) is 86.6 Å². The first-order valence-corrected chi connectivity index (χ1v) is 15.1. The Hall–Kier alpha value is -4.14.